The molecule has 2 heteroatoms. The summed E-state index contributed by atoms with van der Waals surface area (Å²) in [6, 6.07) is 0. The van der Waals surface area contributed by atoms with Crippen LogP contribution in [0.2, 0.25) is 0 Å². The zero-order valence-electron chi connectivity index (χ0n) is 12.2. The second-order valence-electron chi connectivity index (χ2n) is 7.23. The Morgan fingerprint density at radius 2 is 1.78 bits per heavy atom. The molecule has 0 aliphatic heterocycles. The van der Waals surface area contributed by atoms with Gasteiger partial charge in [0.15, 0.2) is 0 Å². The monoisotopic (exact) mass is 253 g/mol. The van der Waals surface area contributed by atoms with Gasteiger partial charge < -0.3 is 10.8 Å². The van der Waals surface area contributed by atoms with Crippen LogP contribution in [0, 0.1) is 23.2 Å². The fourth-order valence-corrected chi connectivity index (χ4v) is 4.23. The number of hydrogen-bond acceptors (Lipinski definition) is 2. The minimum absolute atomic E-state index is 0.0359. The van der Waals surface area contributed by atoms with Crippen molar-refractivity contribution < 1.29 is 5.11 Å². The van der Waals surface area contributed by atoms with Crippen LogP contribution in [0.4, 0.5) is 0 Å². The highest BCUT2D eigenvalue weighted by Gasteiger charge is 2.43. The van der Waals surface area contributed by atoms with E-state index in [4.69, 9.17) is 5.73 Å². The Kier molecular flexibility index (Phi) is 4.71. The summed E-state index contributed by atoms with van der Waals surface area (Å²) < 4.78 is 0. The van der Waals surface area contributed by atoms with Crippen molar-refractivity contribution in [3.8, 4) is 0 Å². The van der Waals surface area contributed by atoms with Gasteiger partial charge in [0, 0.05) is 12.0 Å². The molecule has 2 aliphatic rings. The van der Waals surface area contributed by atoms with E-state index in [9.17, 15) is 5.11 Å². The lowest BCUT2D eigenvalue weighted by Crippen LogP contribution is -2.48. The predicted octanol–water partition coefficient (Wildman–Crippen LogP) is 3.33. The van der Waals surface area contributed by atoms with E-state index in [-0.39, 0.29) is 11.5 Å². The lowest BCUT2D eigenvalue weighted by atomic mass is 9.62. The van der Waals surface area contributed by atoms with Crippen LogP contribution in [0.5, 0.6) is 0 Å². The third-order valence-corrected chi connectivity index (χ3v) is 5.73. The van der Waals surface area contributed by atoms with Gasteiger partial charge in [-0.05, 0) is 43.4 Å². The first-order valence-electron chi connectivity index (χ1n) is 7.95. The Morgan fingerprint density at radius 3 is 2.33 bits per heavy atom. The standard InChI is InChI=1S/C16H31NO/c1-12-6-8-16(11-17,9-7-12)15(18)14-5-3-4-13(2)10-14/h12-15,18H,3-11,17H2,1-2H3. The van der Waals surface area contributed by atoms with E-state index in [2.05, 4.69) is 13.8 Å². The highest BCUT2D eigenvalue weighted by Crippen LogP contribution is 2.46. The number of hydrogen-bond donors (Lipinski definition) is 2. The van der Waals surface area contributed by atoms with Gasteiger partial charge in [-0.25, -0.2) is 0 Å². The zero-order valence-corrected chi connectivity index (χ0v) is 12.2. The maximum Gasteiger partial charge on any atom is 0.0636 e. The van der Waals surface area contributed by atoms with Gasteiger partial charge in [0.1, 0.15) is 0 Å². The molecule has 0 amide bonds. The van der Waals surface area contributed by atoms with Crippen LogP contribution < -0.4 is 5.73 Å². The Balaban J connectivity index is 2.02. The summed E-state index contributed by atoms with van der Waals surface area (Å²) in [6.45, 7) is 5.33. The molecule has 0 aromatic carbocycles. The number of aliphatic hydroxyl groups excluding tert-OH is 1. The molecule has 2 saturated carbocycles. The lowest BCUT2D eigenvalue weighted by Gasteiger charge is -2.46. The quantitative estimate of drug-likeness (QED) is 0.810. The Hall–Kier alpha value is -0.0800. The van der Waals surface area contributed by atoms with E-state index >= 15 is 0 Å². The summed E-state index contributed by atoms with van der Waals surface area (Å²) in [4.78, 5) is 0. The van der Waals surface area contributed by atoms with Crippen LogP contribution >= 0.6 is 0 Å². The predicted molar refractivity (Wildman–Crippen MR) is 76.2 cm³/mol. The molecule has 2 fully saturated rings. The van der Waals surface area contributed by atoms with Crippen molar-refractivity contribution in [1.82, 2.24) is 0 Å². The van der Waals surface area contributed by atoms with Crippen molar-refractivity contribution in [2.24, 2.45) is 28.9 Å². The lowest BCUT2D eigenvalue weighted by molar-refractivity contribution is -0.0570. The van der Waals surface area contributed by atoms with E-state index in [0.717, 1.165) is 24.7 Å². The van der Waals surface area contributed by atoms with Gasteiger partial charge in [-0.3, -0.25) is 0 Å². The molecule has 3 N–H and O–H groups in total. The number of nitrogens with two attached hydrogens (primary N) is 1. The van der Waals surface area contributed by atoms with Crippen LogP contribution in [0.1, 0.15) is 65.2 Å². The van der Waals surface area contributed by atoms with Crippen LogP contribution in [0.3, 0.4) is 0 Å². The van der Waals surface area contributed by atoms with Crippen LogP contribution in [-0.4, -0.2) is 17.8 Å². The Labute approximate surface area is 112 Å². The van der Waals surface area contributed by atoms with Gasteiger partial charge in [-0.2, -0.15) is 0 Å². The molecule has 0 radical (unpaired) electrons. The first-order chi connectivity index (χ1) is 8.57. The molecule has 0 aromatic rings. The van der Waals surface area contributed by atoms with Crippen molar-refractivity contribution in [2.75, 3.05) is 6.54 Å². The van der Waals surface area contributed by atoms with E-state index < -0.39 is 0 Å². The van der Waals surface area contributed by atoms with Gasteiger partial charge in [0.25, 0.3) is 0 Å². The summed E-state index contributed by atoms with van der Waals surface area (Å²) in [5, 5.41) is 10.9. The second-order valence-corrected chi connectivity index (χ2v) is 7.23. The molecule has 3 unspecified atom stereocenters. The molecule has 0 aromatic heterocycles. The molecular formula is C16H31NO. The third kappa shape index (κ3) is 2.91. The molecule has 0 saturated heterocycles. The van der Waals surface area contributed by atoms with Crippen LogP contribution in [0.15, 0.2) is 0 Å². The zero-order chi connectivity index (χ0) is 13.2. The molecule has 3 atom stereocenters. The minimum atomic E-state index is -0.155. The molecule has 2 rings (SSSR count). The van der Waals surface area contributed by atoms with E-state index in [1.807, 2.05) is 0 Å². The third-order valence-electron chi connectivity index (χ3n) is 5.73. The highest BCUT2D eigenvalue weighted by molar-refractivity contribution is 4.95. The number of aliphatic hydroxyl groups is 1. The first-order valence-corrected chi connectivity index (χ1v) is 7.95. The average Bonchev–Trinajstić information content (AvgIpc) is 2.39. The topological polar surface area (TPSA) is 46.2 Å². The maximum atomic E-state index is 10.9. The molecule has 2 nitrogen and oxygen atoms in total. The van der Waals surface area contributed by atoms with Gasteiger partial charge in [0.2, 0.25) is 0 Å². The van der Waals surface area contributed by atoms with Crippen molar-refractivity contribution in [3.05, 3.63) is 0 Å². The molecule has 18 heavy (non-hydrogen) atoms. The fraction of sp³-hybridized carbons (Fsp3) is 1.00. The van der Waals surface area contributed by atoms with Crippen molar-refractivity contribution in [3.63, 3.8) is 0 Å². The van der Waals surface area contributed by atoms with Crippen molar-refractivity contribution in [2.45, 2.75) is 71.3 Å². The SMILES string of the molecule is CC1CCC(CN)(C(O)C2CCCC(C)C2)CC1. The molecule has 2 aliphatic carbocycles. The Morgan fingerprint density at radius 1 is 1.11 bits per heavy atom. The van der Waals surface area contributed by atoms with E-state index in [1.165, 1.54) is 38.5 Å². The largest absolute Gasteiger partial charge is 0.392 e. The average molecular weight is 253 g/mol. The second kappa shape index (κ2) is 5.92. The van der Waals surface area contributed by atoms with Crippen molar-refractivity contribution >= 4 is 0 Å². The normalized spacial score (nSPS) is 43.7. The molecule has 0 heterocycles. The summed E-state index contributed by atoms with van der Waals surface area (Å²) in [6.07, 6.45) is 9.66. The van der Waals surface area contributed by atoms with Crippen LogP contribution in [0.25, 0.3) is 0 Å². The van der Waals surface area contributed by atoms with Gasteiger partial charge >= 0.3 is 0 Å². The fourth-order valence-electron chi connectivity index (χ4n) is 4.23. The minimum Gasteiger partial charge on any atom is -0.392 e. The molecule has 0 bridgehead atoms. The summed E-state index contributed by atoms with van der Waals surface area (Å²) in [5.41, 5.74) is 6.10. The van der Waals surface area contributed by atoms with Gasteiger partial charge in [-0.15, -0.1) is 0 Å². The molecular weight excluding hydrogens is 222 g/mol. The maximum absolute atomic E-state index is 10.9. The molecule has 0 spiro atoms. The summed E-state index contributed by atoms with van der Waals surface area (Å²) >= 11 is 0. The first kappa shape index (κ1) is 14.3. The summed E-state index contributed by atoms with van der Waals surface area (Å²) in [7, 11) is 0. The highest BCUT2D eigenvalue weighted by atomic mass is 16.3. The number of rotatable bonds is 3. The molecule has 106 valence electrons. The summed E-state index contributed by atoms with van der Waals surface area (Å²) in [5.74, 6) is 2.11. The van der Waals surface area contributed by atoms with E-state index in [1.54, 1.807) is 0 Å². The van der Waals surface area contributed by atoms with Gasteiger partial charge in [0.05, 0.1) is 6.10 Å². The van der Waals surface area contributed by atoms with Gasteiger partial charge in [-0.1, -0.05) is 39.5 Å². The smallest absolute Gasteiger partial charge is 0.0636 e. The van der Waals surface area contributed by atoms with Crippen LogP contribution in [-0.2, 0) is 0 Å². The Bertz CT molecular complexity index is 258. The van der Waals surface area contributed by atoms with E-state index in [0.29, 0.717) is 12.5 Å². The van der Waals surface area contributed by atoms with Crippen molar-refractivity contribution in [1.29, 1.82) is 0 Å².